The van der Waals surface area contributed by atoms with Crippen molar-refractivity contribution >= 4 is 33.4 Å². The second-order valence-electron chi connectivity index (χ2n) is 6.70. The molecule has 3 aromatic rings. The Labute approximate surface area is 184 Å². The number of rotatable bonds is 8. The molecular weight excluding hydrogens is 438 g/mol. The molecule has 0 aliphatic carbocycles. The summed E-state index contributed by atoms with van der Waals surface area (Å²) in [6, 6.07) is 15.6. The summed E-state index contributed by atoms with van der Waals surface area (Å²) in [7, 11) is -4.35. The number of nitrogens with one attached hydrogen (secondary N) is 2. The summed E-state index contributed by atoms with van der Waals surface area (Å²) < 4.78 is 37.8. The molecule has 0 saturated carbocycles. The van der Waals surface area contributed by atoms with E-state index in [2.05, 4.69) is 16.9 Å². The van der Waals surface area contributed by atoms with Crippen LogP contribution in [0.3, 0.4) is 0 Å². The highest BCUT2D eigenvalue weighted by molar-refractivity contribution is 7.87. The van der Waals surface area contributed by atoms with E-state index >= 15 is 0 Å². The molecule has 0 unspecified atom stereocenters. The Hall–Kier alpha value is -3.21. The molecule has 0 bridgehead atoms. The number of carbonyl (C=O) groups is 1. The standard InChI is InChI=1S/C21H21N3O5S2/c1-14(2)29-21(25)23-18(12-15-8-10-17(11-9-15)24-31(26,27)28)20-22-19(13-30-20)16-6-4-3-5-7-16/h3-11,13,18,24H,1,12H2,2H3,(H,23,25)(H,26,27,28)/t18-/m0/s1. The molecule has 1 heterocycles. The number of carbonyl (C=O) groups excluding carboxylic acids is 1. The normalized spacial score (nSPS) is 12.1. The third kappa shape index (κ3) is 6.92. The summed E-state index contributed by atoms with van der Waals surface area (Å²) in [5, 5.41) is 5.42. The zero-order valence-electron chi connectivity index (χ0n) is 16.6. The maximum Gasteiger partial charge on any atom is 0.412 e. The minimum absolute atomic E-state index is 0.220. The van der Waals surface area contributed by atoms with E-state index in [-0.39, 0.29) is 11.4 Å². The molecule has 8 nitrogen and oxygen atoms in total. The first-order chi connectivity index (χ1) is 14.7. The van der Waals surface area contributed by atoms with Crippen molar-refractivity contribution in [3.63, 3.8) is 0 Å². The number of allylic oxidation sites excluding steroid dienone is 1. The van der Waals surface area contributed by atoms with Gasteiger partial charge in [-0.15, -0.1) is 11.3 Å². The summed E-state index contributed by atoms with van der Waals surface area (Å²) in [6.45, 7) is 5.15. The Morgan fingerprint density at radius 1 is 1.19 bits per heavy atom. The van der Waals surface area contributed by atoms with E-state index < -0.39 is 22.4 Å². The lowest BCUT2D eigenvalue weighted by molar-refractivity contribution is 0.172. The van der Waals surface area contributed by atoms with Gasteiger partial charge < -0.3 is 10.1 Å². The number of anilines is 1. The summed E-state index contributed by atoms with van der Waals surface area (Å²) >= 11 is 1.42. The molecule has 3 N–H and O–H groups in total. The van der Waals surface area contributed by atoms with E-state index in [0.29, 0.717) is 11.4 Å². The Morgan fingerprint density at radius 3 is 2.48 bits per heavy atom. The first-order valence-corrected chi connectivity index (χ1v) is 11.5. The van der Waals surface area contributed by atoms with Crippen LogP contribution in [-0.2, 0) is 21.5 Å². The minimum Gasteiger partial charge on any atom is -0.416 e. The van der Waals surface area contributed by atoms with Crippen molar-refractivity contribution in [2.75, 3.05) is 4.72 Å². The number of ether oxygens (including phenoxy) is 1. The van der Waals surface area contributed by atoms with E-state index in [4.69, 9.17) is 9.29 Å². The predicted molar refractivity (Wildman–Crippen MR) is 120 cm³/mol. The molecule has 0 spiro atoms. The molecule has 0 saturated heterocycles. The number of amides is 1. The third-order valence-corrected chi connectivity index (χ3v) is 5.54. The van der Waals surface area contributed by atoms with Gasteiger partial charge in [0.05, 0.1) is 23.2 Å². The summed E-state index contributed by atoms with van der Waals surface area (Å²) in [5.41, 5.74) is 2.80. The van der Waals surface area contributed by atoms with Crippen LogP contribution in [0.4, 0.5) is 10.5 Å². The lowest BCUT2D eigenvalue weighted by Crippen LogP contribution is -2.30. The van der Waals surface area contributed by atoms with Crippen LogP contribution in [0.5, 0.6) is 0 Å². The number of benzene rings is 2. The van der Waals surface area contributed by atoms with Crippen molar-refractivity contribution in [3.05, 3.63) is 82.9 Å². The fraction of sp³-hybridized carbons (Fsp3) is 0.143. The number of nitrogens with zero attached hydrogens (tertiary/aromatic N) is 1. The lowest BCUT2D eigenvalue weighted by atomic mass is 10.1. The van der Waals surface area contributed by atoms with Crippen molar-refractivity contribution in [2.45, 2.75) is 19.4 Å². The van der Waals surface area contributed by atoms with Gasteiger partial charge in [-0.1, -0.05) is 49.0 Å². The molecular formula is C21H21N3O5S2. The Balaban J connectivity index is 1.82. The van der Waals surface area contributed by atoms with E-state index in [1.54, 1.807) is 19.1 Å². The molecule has 162 valence electrons. The molecule has 0 aliphatic heterocycles. The molecule has 2 aromatic carbocycles. The number of hydrogen-bond donors (Lipinski definition) is 3. The molecule has 1 atom stereocenters. The van der Waals surface area contributed by atoms with Crippen LogP contribution in [0.25, 0.3) is 11.3 Å². The van der Waals surface area contributed by atoms with Crippen LogP contribution in [0.2, 0.25) is 0 Å². The summed E-state index contributed by atoms with van der Waals surface area (Å²) in [6.07, 6.45) is -0.252. The highest BCUT2D eigenvalue weighted by atomic mass is 32.2. The minimum atomic E-state index is -4.35. The van der Waals surface area contributed by atoms with Crippen molar-refractivity contribution in [3.8, 4) is 11.3 Å². The first-order valence-electron chi connectivity index (χ1n) is 9.18. The number of thiazole rings is 1. The monoisotopic (exact) mass is 459 g/mol. The van der Waals surface area contributed by atoms with Gasteiger partial charge in [-0.25, -0.2) is 9.78 Å². The largest absolute Gasteiger partial charge is 0.416 e. The Bertz CT molecular complexity index is 1160. The summed E-state index contributed by atoms with van der Waals surface area (Å²) in [5.74, 6) is 0.265. The van der Waals surface area contributed by atoms with Gasteiger partial charge in [0.1, 0.15) is 5.01 Å². The van der Waals surface area contributed by atoms with Crippen LogP contribution in [0, 0.1) is 0 Å². The molecule has 3 rings (SSSR count). The summed E-state index contributed by atoms with van der Waals surface area (Å²) in [4.78, 5) is 16.9. The third-order valence-electron chi connectivity index (χ3n) is 4.09. The zero-order chi connectivity index (χ0) is 22.4. The zero-order valence-corrected chi connectivity index (χ0v) is 18.2. The molecule has 10 heteroatoms. The molecule has 0 aliphatic rings. The number of hydrogen-bond acceptors (Lipinski definition) is 6. The molecule has 0 radical (unpaired) electrons. The highest BCUT2D eigenvalue weighted by Crippen LogP contribution is 2.28. The van der Waals surface area contributed by atoms with Gasteiger partial charge in [0.25, 0.3) is 0 Å². The quantitative estimate of drug-likeness (QED) is 0.336. The van der Waals surface area contributed by atoms with Gasteiger partial charge >= 0.3 is 16.4 Å². The Morgan fingerprint density at radius 2 is 1.87 bits per heavy atom. The van der Waals surface area contributed by atoms with Crippen molar-refractivity contribution in [1.29, 1.82) is 0 Å². The van der Waals surface area contributed by atoms with Gasteiger partial charge in [0, 0.05) is 10.9 Å². The van der Waals surface area contributed by atoms with E-state index in [1.165, 1.54) is 23.5 Å². The van der Waals surface area contributed by atoms with Gasteiger partial charge in [-0.3, -0.25) is 9.27 Å². The Kier molecular flexibility index (Phi) is 7.06. The van der Waals surface area contributed by atoms with Crippen LogP contribution in [0.1, 0.15) is 23.5 Å². The first kappa shape index (κ1) is 22.5. The van der Waals surface area contributed by atoms with Gasteiger partial charge in [0.2, 0.25) is 0 Å². The van der Waals surface area contributed by atoms with Crippen molar-refractivity contribution in [2.24, 2.45) is 0 Å². The van der Waals surface area contributed by atoms with Crippen LogP contribution < -0.4 is 10.0 Å². The van der Waals surface area contributed by atoms with Crippen LogP contribution >= 0.6 is 11.3 Å². The topological polar surface area (TPSA) is 118 Å². The lowest BCUT2D eigenvalue weighted by Gasteiger charge is -2.17. The van der Waals surface area contributed by atoms with E-state index in [0.717, 1.165) is 16.8 Å². The van der Waals surface area contributed by atoms with Gasteiger partial charge in [-0.2, -0.15) is 8.42 Å². The molecule has 31 heavy (non-hydrogen) atoms. The average Bonchev–Trinajstić information content (AvgIpc) is 3.18. The number of alkyl carbamates (subject to hydrolysis) is 1. The smallest absolute Gasteiger partial charge is 0.412 e. The fourth-order valence-corrected chi connectivity index (χ4v) is 4.13. The highest BCUT2D eigenvalue weighted by Gasteiger charge is 2.20. The molecule has 1 aromatic heterocycles. The molecule has 0 fully saturated rings. The maximum absolute atomic E-state index is 12.2. The van der Waals surface area contributed by atoms with E-state index in [1.807, 2.05) is 40.4 Å². The SMILES string of the molecule is C=C(C)OC(=O)N[C@@H](Cc1ccc(NS(=O)(=O)O)cc1)c1nc(-c2ccccc2)cs1. The second-order valence-corrected chi connectivity index (χ2v) is 8.75. The van der Waals surface area contributed by atoms with Crippen LogP contribution in [0.15, 0.2) is 72.3 Å². The van der Waals surface area contributed by atoms with Gasteiger partial charge in [-0.05, 0) is 31.0 Å². The molecule has 1 amide bonds. The predicted octanol–water partition coefficient (Wildman–Crippen LogP) is 4.57. The maximum atomic E-state index is 12.2. The fourth-order valence-electron chi connectivity index (χ4n) is 2.81. The number of aromatic nitrogens is 1. The van der Waals surface area contributed by atoms with Crippen molar-refractivity contribution in [1.82, 2.24) is 10.3 Å². The van der Waals surface area contributed by atoms with Gasteiger partial charge in [0.15, 0.2) is 0 Å². The van der Waals surface area contributed by atoms with Crippen molar-refractivity contribution < 1.29 is 22.5 Å². The van der Waals surface area contributed by atoms with E-state index in [9.17, 15) is 13.2 Å². The second kappa shape index (κ2) is 9.73. The van der Waals surface area contributed by atoms with Crippen LogP contribution in [-0.4, -0.2) is 24.0 Å². The average molecular weight is 460 g/mol.